The van der Waals surface area contributed by atoms with Crippen molar-refractivity contribution in [1.82, 2.24) is 4.57 Å². The zero-order valence-electron chi connectivity index (χ0n) is 14.9. The summed E-state index contributed by atoms with van der Waals surface area (Å²) < 4.78 is 14.8. The van der Waals surface area contributed by atoms with Crippen LogP contribution in [0.1, 0.15) is 21.5 Å². The van der Waals surface area contributed by atoms with Gasteiger partial charge in [-0.2, -0.15) is 4.39 Å². The Labute approximate surface area is 159 Å². The summed E-state index contributed by atoms with van der Waals surface area (Å²) in [6, 6.07) is 13.3. The third-order valence-corrected chi connectivity index (χ3v) is 4.25. The fraction of sp³-hybridized carbons (Fsp3) is 0.100. The van der Waals surface area contributed by atoms with Crippen LogP contribution < -0.4 is 10.9 Å². The van der Waals surface area contributed by atoms with Crippen molar-refractivity contribution in [3.05, 3.63) is 104 Å². The van der Waals surface area contributed by atoms with Gasteiger partial charge in [0, 0.05) is 24.0 Å². The van der Waals surface area contributed by atoms with Gasteiger partial charge in [0.2, 0.25) is 5.82 Å². The summed E-state index contributed by atoms with van der Waals surface area (Å²) in [5.74, 6) is -1.56. The molecule has 1 aromatic heterocycles. The first-order chi connectivity index (χ1) is 13.3. The number of hydrogen-bond donors (Lipinski definition) is 1. The van der Waals surface area contributed by atoms with Gasteiger partial charge in [0.1, 0.15) is 0 Å². The van der Waals surface area contributed by atoms with Crippen molar-refractivity contribution in [2.75, 3.05) is 5.32 Å². The van der Waals surface area contributed by atoms with Crippen LogP contribution in [0.15, 0.2) is 65.6 Å². The molecular formula is C20H16FN3O4. The van der Waals surface area contributed by atoms with Gasteiger partial charge >= 0.3 is 5.69 Å². The number of rotatable bonds is 5. The number of aryl methyl sites for hydroxylation is 1. The fourth-order valence-corrected chi connectivity index (χ4v) is 2.69. The molecule has 0 spiro atoms. The molecule has 0 radical (unpaired) electrons. The van der Waals surface area contributed by atoms with Gasteiger partial charge < -0.3 is 9.88 Å². The molecule has 0 aliphatic rings. The highest BCUT2D eigenvalue weighted by molar-refractivity contribution is 6.04. The number of benzene rings is 2. The van der Waals surface area contributed by atoms with Gasteiger partial charge in [0.15, 0.2) is 0 Å². The van der Waals surface area contributed by atoms with E-state index in [4.69, 9.17) is 0 Å². The number of anilines is 1. The number of nitro benzene ring substituents is 1. The van der Waals surface area contributed by atoms with Crippen LogP contribution in [0.4, 0.5) is 15.8 Å². The Kier molecular flexibility index (Phi) is 5.30. The molecule has 8 heteroatoms. The van der Waals surface area contributed by atoms with Crippen LogP contribution in [-0.4, -0.2) is 15.4 Å². The van der Waals surface area contributed by atoms with Gasteiger partial charge in [-0.05, 0) is 36.2 Å². The monoisotopic (exact) mass is 381 g/mol. The van der Waals surface area contributed by atoms with Crippen LogP contribution in [-0.2, 0) is 6.54 Å². The summed E-state index contributed by atoms with van der Waals surface area (Å²) in [5.41, 5.74) is 1.23. The molecule has 1 N–H and O–H groups in total. The maximum absolute atomic E-state index is 13.4. The van der Waals surface area contributed by atoms with Gasteiger partial charge in [0.25, 0.3) is 11.5 Å². The van der Waals surface area contributed by atoms with E-state index < -0.39 is 22.3 Å². The van der Waals surface area contributed by atoms with Crippen molar-refractivity contribution in [2.45, 2.75) is 13.5 Å². The van der Waals surface area contributed by atoms with Crippen LogP contribution >= 0.6 is 0 Å². The number of hydrogen-bond acceptors (Lipinski definition) is 4. The smallest absolute Gasteiger partial charge is 0.306 e. The van der Waals surface area contributed by atoms with E-state index in [2.05, 4.69) is 5.32 Å². The van der Waals surface area contributed by atoms with Gasteiger partial charge in [0.05, 0.1) is 17.0 Å². The van der Waals surface area contributed by atoms with Crippen LogP contribution in [0.3, 0.4) is 0 Å². The third kappa shape index (κ3) is 4.12. The average Bonchev–Trinajstić information content (AvgIpc) is 2.66. The lowest BCUT2D eigenvalue weighted by Crippen LogP contribution is -2.22. The lowest BCUT2D eigenvalue weighted by atomic mass is 10.1. The van der Waals surface area contributed by atoms with Crippen molar-refractivity contribution in [2.24, 2.45) is 0 Å². The number of halogens is 1. The Hall–Kier alpha value is -3.81. The Morgan fingerprint density at radius 3 is 2.64 bits per heavy atom. The standard InChI is InChI=1S/C20H16FN3O4/c1-13-4-2-3-5-14(13)11-23-12-15(6-9-19(23)25)20(26)22-16-7-8-17(21)18(10-16)24(27)28/h2-10,12H,11H2,1H3,(H,22,26). The summed E-state index contributed by atoms with van der Waals surface area (Å²) in [6.07, 6.45) is 1.42. The third-order valence-electron chi connectivity index (χ3n) is 4.25. The first-order valence-corrected chi connectivity index (χ1v) is 8.35. The van der Waals surface area contributed by atoms with Crippen LogP contribution in [0.25, 0.3) is 0 Å². The fourth-order valence-electron chi connectivity index (χ4n) is 2.69. The number of carbonyl (C=O) groups is 1. The maximum Gasteiger partial charge on any atom is 0.306 e. The van der Waals surface area contributed by atoms with E-state index in [1.807, 2.05) is 31.2 Å². The minimum absolute atomic E-state index is 0.0785. The predicted octanol–water partition coefficient (Wildman–Crippen LogP) is 3.50. The van der Waals surface area contributed by atoms with Crippen LogP contribution in [0, 0.1) is 22.9 Å². The van der Waals surface area contributed by atoms with E-state index in [9.17, 15) is 24.1 Å². The molecule has 0 saturated heterocycles. The number of amides is 1. The van der Waals surface area contributed by atoms with E-state index in [-0.39, 0.29) is 16.8 Å². The Morgan fingerprint density at radius 2 is 1.93 bits per heavy atom. The molecule has 0 fully saturated rings. The summed E-state index contributed by atoms with van der Waals surface area (Å²) >= 11 is 0. The number of pyridine rings is 1. The van der Waals surface area contributed by atoms with Gasteiger partial charge in [-0.25, -0.2) is 0 Å². The van der Waals surface area contributed by atoms with Crippen LogP contribution in [0.5, 0.6) is 0 Å². The molecule has 7 nitrogen and oxygen atoms in total. The molecule has 28 heavy (non-hydrogen) atoms. The molecule has 142 valence electrons. The van der Waals surface area contributed by atoms with Crippen molar-refractivity contribution < 1.29 is 14.1 Å². The van der Waals surface area contributed by atoms with Crippen LogP contribution in [0.2, 0.25) is 0 Å². The van der Waals surface area contributed by atoms with Crippen molar-refractivity contribution >= 4 is 17.3 Å². The molecule has 1 heterocycles. The van der Waals surface area contributed by atoms with E-state index >= 15 is 0 Å². The number of carbonyl (C=O) groups excluding carboxylic acids is 1. The number of nitrogens with zero attached hydrogens (tertiary/aromatic N) is 2. The number of nitrogens with one attached hydrogen (secondary N) is 1. The number of nitro groups is 1. The molecule has 0 aliphatic heterocycles. The highest BCUT2D eigenvalue weighted by atomic mass is 19.1. The first kappa shape index (κ1) is 19.0. The topological polar surface area (TPSA) is 94.2 Å². The van der Waals surface area contributed by atoms with Crippen molar-refractivity contribution in [3.8, 4) is 0 Å². The Morgan fingerprint density at radius 1 is 1.18 bits per heavy atom. The molecule has 1 amide bonds. The summed E-state index contributed by atoms with van der Waals surface area (Å²) in [7, 11) is 0. The predicted molar refractivity (Wildman–Crippen MR) is 102 cm³/mol. The van der Waals surface area contributed by atoms with E-state index in [0.29, 0.717) is 6.54 Å². The second-order valence-electron chi connectivity index (χ2n) is 6.19. The Balaban J connectivity index is 1.85. The van der Waals surface area contributed by atoms with E-state index in [1.54, 1.807) is 0 Å². The lowest BCUT2D eigenvalue weighted by molar-refractivity contribution is -0.387. The highest BCUT2D eigenvalue weighted by Gasteiger charge is 2.16. The lowest BCUT2D eigenvalue weighted by Gasteiger charge is -2.11. The largest absolute Gasteiger partial charge is 0.322 e. The van der Waals surface area contributed by atoms with E-state index in [1.165, 1.54) is 29.0 Å². The minimum Gasteiger partial charge on any atom is -0.322 e. The zero-order chi connectivity index (χ0) is 20.3. The zero-order valence-corrected chi connectivity index (χ0v) is 14.9. The van der Waals surface area contributed by atoms with E-state index in [0.717, 1.165) is 23.3 Å². The SMILES string of the molecule is Cc1ccccc1Cn1cc(C(=O)Nc2ccc(F)c([N+](=O)[O-])c2)ccc1=O. The minimum atomic E-state index is -0.991. The molecule has 0 aliphatic carbocycles. The Bertz CT molecular complexity index is 1120. The molecule has 0 atom stereocenters. The maximum atomic E-state index is 13.4. The second kappa shape index (κ2) is 7.83. The average molecular weight is 381 g/mol. The number of aromatic nitrogens is 1. The first-order valence-electron chi connectivity index (χ1n) is 8.35. The molecule has 0 saturated carbocycles. The second-order valence-corrected chi connectivity index (χ2v) is 6.19. The normalized spacial score (nSPS) is 10.5. The van der Waals surface area contributed by atoms with Gasteiger partial charge in [-0.1, -0.05) is 24.3 Å². The molecule has 3 aromatic rings. The summed E-state index contributed by atoms with van der Waals surface area (Å²) in [6.45, 7) is 2.23. The molecule has 0 bridgehead atoms. The molecular weight excluding hydrogens is 365 g/mol. The quantitative estimate of drug-likeness (QED) is 0.541. The highest BCUT2D eigenvalue weighted by Crippen LogP contribution is 2.22. The molecule has 2 aromatic carbocycles. The van der Waals surface area contributed by atoms with Crippen molar-refractivity contribution in [3.63, 3.8) is 0 Å². The van der Waals surface area contributed by atoms with Gasteiger partial charge in [-0.15, -0.1) is 0 Å². The molecule has 3 rings (SSSR count). The summed E-state index contributed by atoms with van der Waals surface area (Å²) in [5, 5.41) is 13.3. The van der Waals surface area contributed by atoms with Gasteiger partial charge in [-0.3, -0.25) is 19.7 Å². The summed E-state index contributed by atoms with van der Waals surface area (Å²) in [4.78, 5) is 34.6. The molecule has 0 unspecified atom stereocenters. The van der Waals surface area contributed by atoms with Crippen molar-refractivity contribution in [1.29, 1.82) is 0 Å².